The lowest BCUT2D eigenvalue weighted by Crippen LogP contribution is -2.47. The van der Waals surface area contributed by atoms with E-state index in [2.05, 4.69) is 39.8 Å². The van der Waals surface area contributed by atoms with Gasteiger partial charge in [0.2, 0.25) is 5.91 Å². The van der Waals surface area contributed by atoms with Crippen LogP contribution in [0.2, 0.25) is 0 Å². The number of carbonyl (C=O) groups excluding carboxylic acids is 1. The highest BCUT2D eigenvalue weighted by Gasteiger charge is 2.57. The molecular weight excluding hydrogens is 385 g/mol. The Labute approximate surface area is 174 Å². The molecule has 27 heavy (non-hydrogen) atoms. The molecule has 3 fully saturated rings. The lowest BCUT2D eigenvalue weighted by atomic mass is 9.92. The second-order valence-corrected chi connectivity index (χ2v) is 7.83. The zero-order valence-electron chi connectivity index (χ0n) is 15.7. The number of amides is 1. The van der Waals surface area contributed by atoms with Crippen LogP contribution in [0.4, 0.5) is 0 Å². The summed E-state index contributed by atoms with van der Waals surface area (Å²) in [5.41, 5.74) is 1.64. The van der Waals surface area contributed by atoms with Crippen molar-refractivity contribution in [1.82, 2.24) is 15.5 Å². The van der Waals surface area contributed by atoms with E-state index in [1.807, 2.05) is 6.07 Å². The summed E-state index contributed by atoms with van der Waals surface area (Å²) in [4.78, 5) is 14.9. The molecule has 2 aliphatic heterocycles. The molecular formula is C20H31Cl2N3O2. The van der Waals surface area contributed by atoms with E-state index in [1.165, 1.54) is 5.56 Å². The van der Waals surface area contributed by atoms with Crippen molar-refractivity contribution in [2.45, 2.75) is 31.9 Å². The first-order chi connectivity index (χ1) is 12.3. The molecule has 3 aliphatic rings. The van der Waals surface area contributed by atoms with Gasteiger partial charge < -0.3 is 15.4 Å². The van der Waals surface area contributed by atoms with Gasteiger partial charge in [0.15, 0.2) is 0 Å². The molecule has 152 valence electrons. The van der Waals surface area contributed by atoms with Crippen LogP contribution < -0.4 is 10.6 Å². The molecule has 1 spiro atoms. The average molecular weight is 416 g/mol. The summed E-state index contributed by atoms with van der Waals surface area (Å²) in [6, 6.07) is 10.5. The SMILES string of the molecule is Cl.Cl.O=C(NCC1CN(Cc2ccccc2)CCO1)C1CC12CCNCC2. The monoisotopic (exact) mass is 415 g/mol. The Kier molecular flexibility index (Phi) is 8.38. The molecule has 2 saturated heterocycles. The Hall–Kier alpha value is -0.850. The molecule has 5 nitrogen and oxygen atoms in total. The minimum absolute atomic E-state index is 0. The van der Waals surface area contributed by atoms with Crippen molar-refractivity contribution in [3.8, 4) is 0 Å². The molecule has 1 aromatic rings. The van der Waals surface area contributed by atoms with Gasteiger partial charge in [0.25, 0.3) is 0 Å². The number of morpholine rings is 1. The highest BCUT2D eigenvalue weighted by molar-refractivity contribution is 5.85. The van der Waals surface area contributed by atoms with Gasteiger partial charge in [0, 0.05) is 32.1 Å². The average Bonchev–Trinajstić information content (AvgIpc) is 3.34. The highest BCUT2D eigenvalue weighted by atomic mass is 35.5. The predicted octanol–water partition coefficient (Wildman–Crippen LogP) is 2.24. The van der Waals surface area contributed by atoms with Crippen molar-refractivity contribution >= 4 is 30.7 Å². The maximum Gasteiger partial charge on any atom is 0.223 e. The Morgan fingerprint density at radius 3 is 2.70 bits per heavy atom. The van der Waals surface area contributed by atoms with Crippen LogP contribution >= 0.6 is 24.8 Å². The summed E-state index contributed by atoms with van der Waals surface area (Å²) in [5, 5.41) is 6.55. The first-order valence-corrected chi connectivity index (χ1v) is 9.61. The number of ether oxygens (including phenoxy) is 1. The molecule has 0 bridgehead atoms. The number of carbonyl (C=O) groups is 1. The Bertz CT molecular complexity index is 596. The standard InChI is InChI=1S/C20H29N3O2.2ClH/c24-19(18-12-20(18)6-8-21-9-7-20)22-13-17-15-23(10-11-25-17)14-16-4-2-1-3-5-16;;/h1-5,17-18,21H,6-15H2,(H,22,24);2*1H. The molecule has 0 radical (unpaired) electrons. The third kappa shape index (κ3) is 5.58. The Balaban J connectivity index is 0.00000131. The number of piperidine rings is 1. The summed E-state index contributed by atoms with van der Waals surface area (Å²) in [6.45, 7) is 6.29. The topological polar surface area (TPSA) is 53.6 Å². The van der Waals surface area contributed by atoms with E-state index in [-0.39, 0.29) is 42.7 Å². The van der Waals surface area contributed by atoms with Crippen molar-refractivity contribution in [2.75, 3.05) is 39.3 Å². The van der Waals surface area contributed by atoms with E-state index in [1.54, 1.807) is 0 Å². The smallest absolute Gasteiger partial charge is 0.223 e. The molecule has 4 rings (SSSR count). The molecule has 1 aromatic carbocycles. The van der Waals surface area contributed by atoms with Crippen LogP contribution in [0.25, 0.3) is 0 Å². The number of benzene rings is 1. The fraction of sp³-hybridized carbons (Fsp3) is 0.650. The summed E-state index contributed by atoms with van der Waals surface area (Å²) >= 11 is 0. The number of rotatable bonds is 5. The van der Waals surface area contributed by atoms with Crippen LogP contribution in [0.3, 0.4) is 0 Å². The second-order valence-electron chi connectivity index (χ2n) is 7.83. The van der Waals surface area contributed by atoms with E-state index in [9.17, 15) is 4.79 Å². The van der Waals surface area contributed by atoms with Gasteiger partial charge in [-0.25, -0.2) is 0 Å². The van der Waals surface area contributed by atoms with E-state index >= 15 is 0 Å². The van der Waals surface area contributed by atoms with Gasteiger partial charge in [-0.1, -0.05) is 30.3 Å². The largest absolute Gasteiger partial charge is 0.374 e. The van der Waals surface area contributed by atoms with Crippen LogP contribution in [0, 0.1) is 11.3 Å². The van der Waals surface area contributed by atoms with Crippen molar-refractivity contribution in [1.29, 1.82) is 0 Å². The highest BCUT2D eigenvalue weighted by Crippen LogP contribution is 2.58. The van der Waals surface area contributed by atoms with Crippen molar-refractivity contribution in [3.05, 3.63) is 35.9 Å². The lowest BCUT2D eigenvalue weighted by molar-refractivity contribution is -0.124. The summed E-state index contributed by atoms with van der Waals surface area (Å²) in [7, 11) is 0. The third-order valence-electron chi connectivity index (χ3n) is 6.08. The Morgan fingerprint density at radius 2 is 1.96 bits per heavy atom. The molecule has 7 heteroatoms. The van der Waals surface area contributed by atoms with Crippen LogP contribution in [-0.2, 0) is 16.1 Å². The number of nitrogens with zero attached hydrogens (tertiary/aromatic N) is 1. The molecule has 2 atom stereocenters. The molecule has 2 N–H and O–H groups in total. The van der Waals surface area contributed by atoms with Crippen LogP contribution in [0.5, 0.6) is 0 Å². The molecule has 2 heterocycles. The second kappa shape index (κ2) is 10.1. The van der Waals surface area contributed by atoms with Gasteiger partial charge in [0.05, 0.1) is 12.7 Å². The van der Waals surface area contributed by atoms with Gasteiger partial charge >= 0.3 is 0 Å². The quantitative estimate of drug-likeness (QED) is 0.773. The molecule has 1 amide bonds. The Morgan fingerprint density at radius 1 is 1.22 bits per heavy atom. The van der Waals surface area contributed by atoms with E-state index in [0.29, 0.717) is 12.0 Å². The van der Waals surface area contributed by atoms with Crippen LogP contribution in [-0.4, -0.2) is 56.2 Å². The third-order valence-corrected chi connectivity index (χ3v) is 6.08. The number of nitrogens with one attached hydrogen (secondary N) is 2. The number of hydrogen-bond donors (Lipinski definition) is 2. The summed E-state index contributed by atoms with van der Waals surface area (Å²) in [6.07, 6.45) is 3.47. The normalized spacial score (nSPS) is 26.5. The minimum Gasteiger partial charge on any atom is -0.374 e. The fourth-order valence-corrected chi connectivity index (χ4v) is 4.42. The van der Waals surface area contributed by atoms with Gasteiger partial charge in [-0.15, -0.1) is 24.8 Å². The minimum atomic E-state index is 0. The van der Waals surface area contributed by atoms with Crippen molar-refractivity contribution in [3.63, 3.8) is 0 Å². The number of halogens is 2. The van der Waals surface area contributed by atoms with Gasteiger partial charge in [-0.2, -0.15) is 0 Å². The molecule has 1 aliphatic carbocycles. The molecule has 1 saturated carbocycles. The van der Waals surface area contributed by atoms with E-state index < -0.39 is 0 Å². The van der Waals surface area contributed by atoms with E-state index in [4.69, 9.17) is 4.74 Å². The van der Waals surface area contributed by atoms with Gasteiger partial charge in [-0.3, -0.25) is 9.69 Å². The first kappa shape index (κ1) is 22.4. The van der Waals surface area contributed by atoms with Crippen molar-refractivity contribution in [2.24, 2.45) is 11.3 Å². The van der Waals surface area contributed by atoms with Crippen LogP contribution in [0.15, 0.2) is 30.3 Å². The predicted molar refractivity (Wildman–Crippen MR) is 112 cm³/mol. The molecule has 0 aromatic heterocycles. The van der Waals surface area contributed by atoms with E-state index in [0.717, 1.165) is 58.6 Å². The number of hydrogen-bond acceptors (Lipinski definition) is 4. The molecule has 2 unspecified atom stereocenters. The maximum absolute atomic E-state index is 12.5. The summed E-state index contributed by atoms with van der Waals surface area (Å²) < 4.78 is 5.87. The van der Waals surface area contributed by atoms with Gasteiger partial charge in [-0.05, 0) is 43.3 Å². The first-order valence-electron chi connectivity index (χ1n) is 9.61. The summed E-state index contributed by atoms with van der Waals surface area (Å²) in [5.74, 6) is 0.476. The van der Waals surface area contributed by atoms with Crippen LogP contribution in [0.1, 0.15) is 24.8 Å². The zero-order valence-corrected chi connectivity index (χ0v) is 17.3. The van der Waals surface area contributed by atoms with Crippen molar-refractivity contribution < 1.29 is 9.53 Å². The van der Waals surface area contributed by atoms with Gasteiger partial charge in [0.1, 0.15) is 0 Å². The fourth-order valence-electron chi connectivity index (χ4n) is 4.42. The lowest BCUT2D eigenvalue weighted by Gasteiger charge is -2.33. The maximum atomic E-state index is 12.5. The zero-order chi connectivity index (χ0) is 17.1.